The van der Waals surface area contributed by atoms with Crippen molar-refractivity contribution in [1.29, 1.82) is 0 Å². The fourth-order valence-corrected chi connectivity index (χ4v) is 3.63. The SMILES string of the molecule is CCN(CC)Cc1ccccc1NC1C(C)CCCC1C. The van der Waals surface area contributed by atoms with Crippen LogP contribution in [-0.4, -0.2) is 24.0 Å². The first-order valence-electron chi connectivity index (χ1n) is 8.72. The van der Waals surface area contributed by atoms with E-state index in [4.69, 9.17) is 0 Å². The Morgan fingerprint density at radius 2 is 1.67 bits per heavy atom. The molecule has 1 aliphatic rings. The van der Waals surface area contributed by atoms with E-state index in [9.17, 15) is 0 Å². The summed E-state index contributed by atoms with van der Waals surface area (Å²) in [5.41, 5.74) is 2.78. The van der Waals surface area contributed by atoms with Gasteiger partial charge >= 0.3 is 0 Å². The van der Waals surface area contributed by atoms with Crippen LogP contribution in [0.25, 0.3) is 0 Å². The Kier molecular flexibility index (Phi) is 6.10. The molecule has 118 valence electrons. The van der Waals surface area contributed by atoms with Crippen LogP contribution in [0.15, 0.2) is 24.3 Å². The molecule has 1 saturated carbocycles. The van der Waals surface area contributed by atoms with Gasteiger partial charge in [-0.25, -0.2) is 0 Å². The molecule has 1 N–H and O–H groups in total. The first-order valence-corrected chi connectivity index (χ1v) is 8.72. The van der Waals surface area contributed by atoms with Gasteiger partial charge in [0.15, 0.2) is 0 Å². The van der Waals surface area contributed by atoms with Crippen LogP contribution in [0.3, 0.4) is 0 Å². The maximum Gasteiger partial charge on any atom is 0.0388 e. The minimum Gasteiger partial charge on any atom is -0.382 e. The van der Waals surface area contributed by atoms with Crippen LogP contribution < -0.4 is 5.32 Å². The summed E-state index contributed by atoms with van der Waals surface area (Å²) < 4.78 is 0. The average molecular weight is 288 g/mol. The minimum atomic E-state index is 0.622. The molecule has 0 saturated heterocycles. The lowest BCUT2D eigenvalue weighted by Crippen LogP contribution is -2.37. The Bertz CT molecular complexity index is 415. The summed E-state index contributed by atoms with van der Waals surface area (Å²) in [6.45, 7) is 12.6. The lowest BCUT2D eigenvalue weighted by molar-refractivity contribution is 0.267. The Balaban J connectivity index is 2.12. The number of rotatable bonds is 6. The molecule has 1 aliphatic carbocycles. The summed E-state index contributed by atoms with van der Waals surface area (Å²) in [4.78, 5) is 2.48. The molecule has 2 rings (SSSR count). The van der Waals surface area contributed by atoms with Gasteiger partial charge in [0.2, 0.25) is 0 Å². The van der Waals surface area contributed by atoms with Crippen LogP contribution in [0, 0.1) is 11.8 Å². The zero-order chi connectivity index (χ0) is 15.2. The average Bonchev–Trinajstić information content (AvgIpc) is 2.50. The molecule has 0 bridgehead atoms. The van der Waals surface area contributed by atoms with Crippen LogP contribution in [0.5, 0.6) is 0 Å². The standard InChI is InChI=1S/C19H32N2/c1-5-21(6-2)14-17-12-7-8-13-18(17)20-19-15(3)10-9-11-16(19)4/h7-8,12-13,15-16,19-20H,5-6,9-11,14H2,1-4H3. The molecule has 21 heavy (non-hydrogen) atoms. The van der Waals surface area contributed by atoms with Crippen LogP contribution in [0.4, 0.5) is 5.69 Å². The van der Waals surface area contributed by atoms with Crippen molar-refractivity contribution in [3.05, 3.63) is 29.8 Å². The van der Waals surface area contributed by atoms with Crippen molar-refractivity contribution < 1.29 is 0 Å². The van der Waals surface area contributed by atoms with Gasteiger partial charge in [-0.05, 0) is 49.4 Å². The van der Waals surface area contributed by atoms with Crippen molar-refractivity contribution in [1.82, 2.24) is 4.90 Å². The topological polar surface area (TPSA) is 15.3 Å². The maximum absolute atomic E-state index is 3.88. The Hall–Kier alpha value is -1.02. The van der Waals surface area contributed by atoms with Crippen LogP contribution in [0.1, 0.15) is 52.5 Å². The second-order valence-electron chi connectivity index (χ2n) is 6.67. The Morgan fingerprint density at radius 3 is 2.29 bits per heavy atom. The molecular weight excluding hydrogens is 256 g/mol. The molecule has 0 aliphatic heterocycles. The highest BCUT2D eigenvalue weighted by atomic mass is 15.1. The smallest absolute Gasteiger partial charge is 0.0388 e. The van der Waals surface area contributed by atoms with Gasteiger partial charge in [-0.15, -0.1) is 0 Å². The number of benzene rings is 1. The molecule has 0 aromatic heterocycles. The molecule has 0 radical (unpaired) electrons. The molecule has 1 aromatic rings. The number of anilines is 1. The Morgan fingerprint density at radius 1 is 1.05 bits per heavy atom. The fourth-order valence-electron chi connectivity index (χ4n) is 3.63. The number of para-hydroxylation sites is 1. The third kappa shape index (κ3) is 4.23. The van der Waals surface area contributed by atoms with E-state index in [2.05, 4.69) is 62.2 Å². The predicted octanol–water partition coefficient (Wildman–Crippen LogP) is 4.77. The Labute approximate surface area is 130 Å². The normalized spacial score (nSPS) is 26.0. The van der Waals surface area contributed by atoms with Gasteiger partial charge in [0.25, 0.3) is 0 Å². The fraction of sp³-hybridized carbons (Fsp3) is 0.684. The van der Waals surface area contributed by atoms with Gasteiger partial charge in [-0.3, -0.25) is 4.90 Å². The van der Waals surface area contributed by atoms with Crippen LogP contribution >= 0.6 is 0 Å². The van der Waals surface area contributed by atoms with Gasteiger partial charge in [-0.2, -0.15) is 0 Å². The molecular formula is C19H32N2. The summed E-state index contributed by atoms with van der Waals surface area (Å²) in [7, 11) is 0. The van der Waals surface area contributed by atoms with Crippen molar-refractivity contribution in [2.45, 2.75) is 59.5 Å². The molecule has 0 heterocycles. The van der Waals surface area contributed by atoms with E-state index in [0.29, 0.717) is 6.04 Å². The number of hydrogen-bond donors (Lipinski definition) is 1. The van der Waals surface area contributed by atoms with Gasteiger partial charge in [-0.1, -0.05) is 52.3 Å². The number of nitrogens with zero attached hydrogens (tertiary/aromatic N) is 1. The van der Waals surface area contributed by atoms with Crippen LogP contribution in [0.2, 0.25) is 0 Å². The van der Waals surface area contributed by atoms with Gasteiger partial charge < -0.3 is 5.32 Å². The quantitative estimate of drug-likeness (QED) is 0.811. The molecule has 0 spiro atoms. The third-order valence-corrected chi connectivity index (χ3v) is 5.17. The highest BCUT2D eigenvalue weighted by Crippen LogP contribution is 2.32. The second kappa shape index (κ2) is 7.84. The lowest BCUT2D eigenvalue weighted by atomic mass is 9.78. The number of nitrogens with one attached hydrogen (secondary N) is 1. The third-order valence-electron chi connectivity index (χ3n) is 5.17. The van der Waals surface area contributed by atoms with Crippen molar-refractivity contribution in [3.8, 4) is 0 Å². The largest absolute Gasteiger partial charge is 0.382 e. The van der Waals surface area contributed by atoms with Crippen LogP contribution in [-0.2, 0) is 6.54 Å². The van der Waals surface area contributed by atoms with Gasteiger partial charge in [0, 0.05) is 18.3 Å². The monoisotopic (exact) mass is 288 g/mol. The first-order chi connectivity index (χ1) is 10.2. The summed E-state index contributed by atoms with van der Waals surface area (Å²) in [6, 6.07) is 9.48. The summed E-state index contributed by atoms with van der Waals surface area (Å²) in [6.07, 6.45) is 4.11. The van der Waals surface area contributed by atoms with E-state index in [1.807, 2.05) is 0 Å². The molecule has 2 nitrogen and oxygen atoms in total. The number of hydrogen-bond acceptors (Lipinski definition) is 2. The summed E-state index contributed by atoms with van der Waals surface area (Å²) in [5.74, 6) is 1.55. The molecule has 0 amide bonds. The van der Waals surface area contributed by atoms with Crippen molar-refractivity contribution in [2.75, 3.05) is 18.4 Å². The van der Waals surface area contributed by atoms with Crippen molar-refractivity contribution in [2.24, 2.45) is 11.8 Å². The summed E-state index contributed by atoms with van der Waals surface area (Å²) in [5, 5.41) is 3.88. The highest BCUT2D eigenvalue weighted by Gasteiger charge is 2.27. The van der Waals surface area contributed by atoms with Crippen molar-refractivity contribution >= 4 is 5.69 Å². The van der Waals surface area contributed by atoms with E-state index >= 15 is 0 Å². The zero-order valence-electron chi connectivity index (χ0n) is 14.2. The maximum atomic E-state index is 3.88. The summed E-state index contributed by atoms with van der Waals surface area (Å²) >= 11 is 0. The van der Waals surface area contributed by atoms with E-state index in [1.54, 1.807) is 0 Å². The molecule has 2 heteroatoms. The van der Waals surface area contributed by atoms with Crippen molar-refractivity contribution in [3.63, 3.8) is 0 Å². The molecule has 2 unspecified atom stereocenters. The highest BCUT2D eigenvalue weighted by molar-refractivity contribution is 5.52. The molecule has 2 atom stereocenters. The predicted molar refractivity (Wildman–Crippen MR) is 92.7 cm³/mol. The van der Waals surface area contributed by atoms with E-state index in [-0.39, 0.29) is 0 Å². The minimum absolute atomic E-state index is 0.622. The lowest BCUT2D eigenvalue weighted by Gasteiger charge is -2.36. The van der Waals surface area contributed by atoms with Gasteiger partial charge in [0.05, 0.1) is 0 Å². The van der Waals surface area contributed by atoms with E-state index in [0.717, 1.165) is 31.5 Å². The van der Waals surface area contributed by atoms with E-state index < -0.39 is 0 Å². The molecule has 1 fully saturated rings. The van der Waals surface area contributed by atoms with E-state index in [1.165, 1.54) is 30.5 Å². The zero-order valence-corrected chi connectivity index (χ0v) is 14.2. The molecule has 1 aromatic carbocycles. The van der Waals surface area contributed by atoms with Gasteiger partial charge in [0.1, 0.15) is 0 Å². The second-order valence-corrected chi connectivity index (χ2v) is 6.67. The first kappa shape index (κ1) is 16.4.